The number of aromatic amines is 1. The molecule has 1 aromatic heterocycles. The van der Waals surface area contributed by atoms with Crippen molar-refractivity contribution in [1.82, 2.24) is 9.97 Å². The molecule has 0 spiro atoms. The van der Waals surface area contributed by atoms with E-state index in [1.165, 1.54) is 25.0 Å². The maximum Gasteiger partial charge on any atom is 0.269 e. The molecule has 0 atom stereocenters. The van der Waals surface area contributed by atoms with Crippen LogP contribution in [0.1, 0.15) is 37.3 Å². The summed E-state index contributed by atoms with van der Waals surface area (Å²) in [6.45, 7) is 0. The molecule has 0 unspecified atom stereocenters. The zero-order valence-electron chi connectivity index (χ0n) is 11.4. The minimum absolute atomic E-state index is 0.0213. The number of rotatable bonds is 3. The number of nitro groups is 1. The summed E-state index contributed by atoms with van der Waals surface area (Å²) >= 11 is 0. The van der Waals surface area contributed by atoms with Gasteiger partial charge in [-0.25, -0.2) is 4.98 Å². The number of non-ortho nitro benzene ring substituents is 1. The highest BCUT2D eigenvalue weighted by atomic mass is 16.6. The number of nitro benzene ring substituents is 1. The molecule has 0 saturated heterocycles. The van der Waals surface area contributed by atoms with Crippen LogP contribution in [-0.2, 0) is 0 Å². The van der Waals surface area contributed by atoms with Gasteiger partial charge in [0.05, 0.1) is 10.6 Å². The van der Waals surface area contributed by atoms with Crippen molar-refractivity contribution in [3.63, 3.8) is 0 Å². The molecular weight excluding hydrogens is 270 g/mol. The second kappa shape index (κ2) is 5.47. The Morgan fingerprint density at radius 1 is 1.19 bits per heavy atom. The Bertz CT molecular complexity index is 716. The van der Waals surface area contributed by atoms with Gasteiger partial charge in [0, 0.05) is 29.7 Å². The van der Waals surface area contributed by atoms with Gasteiger partial charge in [-0.1, -0.05) is 12.8 Å². The van der Waals surface area contributed by atoms with E-state index in [2.05, 4.69) is 9.97 Å². The molecule has 1 aliphatic carbocycles. The summed E-state index contributed by atoms with van der Waals surface area (Å²) in [6.07, 6.45) is 4.48. The molecule has 21 heavy (non-hydrogen) atoms. The van der Waals surface area contributed by atoms with Crippen molar-refractivity contribution >= 4 is 5.69 Å². The smallest absolute Gasteiger partial charge is 0.269 e. The molecule has 1 fully saturated rings. The van der Waals surface area contributed by atoms with Gasteiger partial charge in [-0.15, -0.1) is 0 Å². The highest BCUT2D eigenvalue weighted by molar-refractivity contribution is 5.57. The number of H-pyrrole nitrogens is 1. The van der Waals surface area contributed by atoms with Crippen molar-refractivity contribution in [3.8, 4) is 11.4 Å². The van der Waals surface area contributed by atoms with E-state index in [0.29, 0.717) is 17.3 Å². The fourth-order valence-corrected chi connectivity index (χ4v) is 2.78. The van der Waals surface area contributed by atoms with Crippen molar-refractivity contribution < 1.29 is 4.92 Å². The van der Waals surface area contributed by atoms with Gasteiger partial charge < -0.3 is 4.98 Å². The van der Waals surface area contributed by atoms with Crippen molar-refractivity contribution in [1.29, 1.82) is 0 Å². The van der Waals surface area contributed by atoms with Gasteiger partial charge in [-0.05, 0) is 25.0 Å². The van der Waals surface area contributed by atoms with Crippen LogP contribution in [0.2, 0.25) is 0 Å². The lowest BCUT2D eigenvalue weighted by Crippen LogP contribution is -2.12. The molecular formula is C15H15N3O3. The van der Waals surface area contributed by atoms with Crippen LogP contribution >= 0.6 is 0 Å². The topological polar surface area (TPSA) is 88.9 Å². The predicted molar refractivity (Wildman–Crippen MR) is 78.2 cm³/mol. The first-order chi connectivity index (χ1) is 10.1. The van der Waals surface area contributed by atoms with E-state index in [4.69, 9.17) is 0 Å². The van der Waals surface area contributed by atoms with Gasteiger partial charge in [0.1, 0.15) is 5.82 Å². The number of aromatic nitrogens is 2. The number of nitrogens with one attached hydrogen (secondary N) is 1. The van der Waals surface area contributed by atoms with Crippen LogP contribution in [0, 0.1) is 10.1 Å². The van der Waals surface area contributed by atoms with Crippen LogP contribution in [0.3, 0.4) is 0 Å². The molecule has 1 heterocycles. The highest BCUT2D eigenvalue weighted by Gasteiger charge is 2.19. The Hall–Kier alpha value is -2.50. The lowest BCUT2D eigenvalue weighted by molar-refractivity contribution is -0.384. The number of hydrogen-bond donors (Lipinski definition) is 1. The Morgan fingerprint density at radius 3 is 2.48 bits per heavy atom. The third kappa shape index (κ3) is 2.84. The summed E-state index contributed by atoms with van der Waals surface area (Å²) in [4.78, 5) is 29.3. The maximum absolute atomic E-state index is 11.8. The largest absolute Gasteiger partial charge is 0.307 e. The van der Waals surface area contributed by atoms with Gasteiger partial charge in [-0.3, -0.25) is 14.9 Å². The molecule has 1 saturated carbocycles. The van der Waals surface area contributed by atoms with Gasteiger partial charge >= 0.3 is 0 Å². The molecule has 0 bridgehead atoms. The Kier molecular flexibility index (Phi) is 3.51. The Balaban J connectivity index is 1.97. The second-order valence-corrected chi connectivity index (χ2v) is 5.30. The zero-order valence-corrected chi connectivity index (χ0v) is 11.4. The Labute approximate surface area is 121 Å². The lowest BCUT2D eigenvalue weighted by Gasteiger charge is -2.09. The fraction of sp³-hybridized carbons (Fsp3) is 0.333. The molecule has 6 heteroatoms. The van der Waals surface area contributed by atoms with Crippen LogP contribution < -0.4 is 5.56 Å². The Morgan fingerprint density at radius 2 is 1.86 bits per heavy atom. The quantitative estimate of drug-likeness (QED) is 0.693. The maximum atomic E-state index is 11.8. The lowest BCUT2D eigenvalue weighted by atomic mass is 10.0. The first-order valence-corrected chi connectivity index (χ1v) is 6.99. The van der Waals surface area contributed by atoms with Crippen molar-refractivity contribution in [3.05, 3.63) is 56.5 Å². The average Bonchev–Trinajstić information content (AvgIpc) is 3.01. The highest BCUT2D eigenvalue weighted by Crippen LogP contribution is 2.33. The van der Waals surface area contributed by atoms with Crippen molar-refractivity contribution in [2.45, 2.75) is 31.6 Å². The second-order valence-electron chi connectivity index (χ2n) is 5.30. The van der Waals surface area contributed by atoms with E-state index >= 15 is 0 Å². The van der Waals surface area contributed by atoms with Crippen molar-refractivity contribution in [2.24, 2.45) is 0 Å². The third-order valence-corrected chi connectivity index (χ3v) is 3.89. The first-order valence-electron chi connectivity index (χ1n) is 6.99. The number of nitrogens with zero attached hydrogens (tertiary/aromatic N) is 2. The van der Waals surface area contributed by atoms with Gasteiger partial charge in [0.15, 0.2) is 0 Å². The minimum atomic E-state index is -0.450. The van der Waals surface area contributed by atoms with E-state index in [-0.39, 0.29) is 11.2 Å². The van der Waals surface area contributed by atoms with Crippen LogP contribution in [-0.4, -0.2) is 14.9 Å². The normalized spacial score (nSPS) is 15.2. The average molecular weight is 285 g/mol. The standard InChI is InChI=1S/C15H15N3O3/c19-14-9-13(10-3-1-2-4-10)16-15(17-14)11-5-7-12(8-6-11)18(20)21/h5-10H,1-4H2,(H,16,17,19). The van der Waals surface area contributed by atoms with Gasteiger partial charge in [0.25, 0.3) is 11.2 Å². The summed E-state index contributed by atoms with van der Waals surface area (Å²) in [5, 5.41) is 10.7. The molecule has 0 radical (unpaired) electrons. The molecule has 0 amide bonds. The molecule has 0 aliphatic heterocycles. The fourth-order valence-electron chi connectivity index (χ4n) is 2.78. The predicted octanol–water partition coefficient (Wildman–Crippen LogP) is 3.00. The zero-order chi connectivity index (χ0) is 14.8. The monoisotopic (exact) mass is 285 g/mol. The number of benzene rings is 1. The summed E-state index contributed by atoms with van der Waals surface area (Å²) in [5.74, 6) is 0.823. The summed E-state index contributed by atoms with van der Waals surface area (Å²) < 4.78 is 0. The summed E-state index contributed by atoms with van der Waals surface area (Å²) in [7, 11) is 0. The molecule has 1 N–H and O–H groups in total. The summed E-state index contributed by atoms with van der Waals surface area (Å²) in [6, 6.07) is 7.60. The van der Waals surface area contributed by atoms with E-state index in [0.717, 1.165) is 18.5 Å². The molecule has 108 valence electrons. The van der Waals surface area contributed by atoms with Crippen LogP contribution in [0.5, 0.6) is 0 Å². The first kappa shape index (κ1) is 13.5. The molecule has 2 aromatic rings. The minimum Gasteiger partial charge on any atom is -0.307 e. The third-order valence-electron chi connectivity index (χ3n) is 3.89. The van der Waals surface area contributed by atoms with Crippen LogP contribution in [0.25, 0.3) is 11.4 Å². The molecule has 1 aliphatic rings. The summed E-state index contributed by atoms with van der Waals surface area (Å²) in [5.41, 5.74) is 1.34. The van der Waals surface area contributed by atoms with E-state index < -0.39 is 4.92 Å². The molecule has 3 rings (SSSR count). The van der Waals surface area contributed by atoms with Gasteiger partial charge in [0.2, 0.25) is 0 Å². The van der Waals surface area contributed by atoms with E-state index in [1.807, 2.05) is 0 Å². The number of hydrogen-bond acceptors (Lipinski definition) is 4. The molecule has 6 nitrogen and oxygen atoms in total. The van der Waals surface area contributed by atoms with E-state index in [1.54, 1.807) is 18.2 Å². The van der Waals surface area contributed by atoms with Crippen LogP contribution in [0.4, 0.5) is 5.69 Å². The van der Waals surface area contributed by atoms with Crippen LogP contribution in [0.15, 0.2) is 35.1 Å². The van der Waals surface area contributed by atoms with E-state index in [9.17, 15) is 14.9 Å². The molecule has 1 aromatic carbocycles. The van der Waals surface area contributed by atoms with Gasteiger partial charge in [-0.2, -0.15) is 0 Å². The van der Waals surface area contributed by atoms with Crippen molar-refractivity contribution in [2.75, 3.05) is 0 Å². The SMILES string of the molecule is O=c1cc(C2CCCC2)nc(-c2ccc([N+](=O)[O-])cc2)[nH]1.